The zero-order valence-corrected chi connectivity index (χ0v) is 14.8. The molecule has 0 saturated carbocycles. The molecular formula is C20H26N2O3. The number of rotatable bonds is 2. The number of fused-ring (bicyclic) bond motifs is 2. The number of hydrogen-bond acceptors (Lipinski definition) is 3. The topological polar surface area (TPSA) is 58.6 Å². The van der Waals surface area contributed by atoms with Crippen molar-refractivity contribution in [1.29, 1.82) is 0 Å². The number of nitrogens with one attached hydrogen (secondary N) is 1. The molecule has 1 aromatic carbocycles. The number of hydrogen-bond donors (Lipinski definition) is 1. The molecule has 1 aromatic rings. The molecule has 25 heavy (non-hydrogen) atoms. The quantitative estimate of drug-likeness (QED) is 0.892. The molecule has 4 rings (SSSR count). The number of likely N-dealkylation sites (tertiary alicyclic amines) is 1. The van der Waals surface area contributed by atoms with Gasteiger partial charge in [0, 0.05) is 32.2 Å². The van der Waals surface area contributed by atoms with Crippen LogP contribution in [0.4, 0.5) is 0 Å². The molecule has 134 valence electrons. The molecule has 1 spiro atoms. The van der Waals surface area contributed by atoms with Crippen molar-refractivity contribution in [2.75, 3.05) is 33.4 Å². The normalized spacial score (nSPS) is 27.3. The fraction of sp³-hybridized carbons (Fsp3) is 0.600. The second kappa shape index (κ2) is 6.45. The summed E-state index contributed by atoms with van der Waals surface area (Å²) in [5, 5.41) is 2.82. The van der Waals surface area contributed by atoms with Gasteiger partial charge in [0.05, 0.1) is 18.4 Å². The van der Waals surface area contributed by atoms with Gasteiger partial charge in [-0.15, -0.1) is 0 Å². The summed E-state index contributed by atoms with van der Waals surface area (Å²) >= 11 is 0. The maximum Gasteiger partial charge on any atom is 0.228 e. The molecule has 1 N–H and O–H groups in total. The Morgan fingerprint density at radius 2 is 2.00 bits per heavy atom. The van der Waals surface area contributed by atoms with E-state index in [1.54, 1.807) is 7.05 Å². The van der Waals surface area contributed by atoms with Crippen molar-refractivity contribution in [1.82, 2.24) is 10.2 Å². The molecule has 2 amide bonds. The van der Waals surface area contributed by atoms with Crippen LogP contribution < -0.4 is 5.32 Å². The Balaban J connectivity index is 1.52. The van der Waals surface area contributed by atoms with E-state index in [4.69, 9.17) is 4.74 Å². The molecule has 2 atom stereocenters. The van der Waals surface area contributed by atoms with E-state index in [0.29, 0.717) is 13.2 Å². The molecular weight excluding hydrogens is 316 g/mol. The fourth-order valence-electron chi connectivity index (χ4n) is 4.92. The van der Waals surface area contributed by atoms with Crippen LogP contribution in [0.2, 0.25) is 0 Å². The van der Waals surface area contributed by atoms with E-state index >= 15 is 0 Å². The first kappa shape index (κ1) is 16.6. The van der Waals surface area contributed by atoms with Gasteiger partial charge in [-0.2, -0.15) is 0 Å². The molecule has 2 fully saturated rings. The predicted molar refractivity (Wildman–Crippen MR) is 94.3 cm³/mol. The standard InChI is InChI=1S/C20H26N2O3/c1-21-18(23)16-12-20(17-5-3-2-4-15(16)17)7-9-22(10-8-20)19(24)14-6-11-25-13-14/h2-5,14,16H,6-13H2,1H3,(H,21,23)/t14-,16-/m0/s1. The first-order valence-electron chi connectivity index (χ1n) is 9.32. The van der Waals surface area contributed by atoms with Gasteiger partial charge in [-0.3, -0.25) is 9.59 Å². The monoisotopic (exact) mass is 342 g/mol. The van der Waals surface area contributed by atoms with E-state index in [0.717, 1.165) is 38.8 Å². The lowest BCUT2D eigenvalue weighted by atomic mass is 9.73. The Hall–Kier alpha value is -1.88. The number of likely N-dealkylation sites (N-methyl/N-ethyl adjacent to an activating group) is 1. The first-order chi connectivity index (χ1) is 12.1. The van der Waals surface area contributed by atoms with E-state index in [-0.39, 0.29) is 29.1 Å². The summed E-state index contributed by atoms with van der Waals surface area (Å²) in [6.45, 7) is 2.84. The largest absolute Gasteiger partial charge is 0.381 e. The Bertz CT molecular complexity index is 673. The highest BCUT2D eigenvalue weighted by molar-refractivity contribution is 5.85. The minimum atomic E-state index is -0.0633. The molecule has 5 heteroatoms. The van der Waals surface area contributed by atoms with Crippen molar-refractivity contribution in [3.05, 3.63) is 35.4 Å². The third-order valence-electron chi connectivity index (χ3n) is 6.38. The zero-order chi connectivity index (χ0) is 17.4. The van der Waals surface area contributed by atoms with Gasteiger partial charge in [0.2, 0.25) is 11.8 Å². The Morgan fingerprint density at radius 3 is 2.68 bits per heavy atom. The molecule has 5 nitrogen and oxygen atoms in total. The van der Waals surface area contributed by atoms with Gasteiger partial charge in [0.1, 0.15) is 0 Å². The van der Waals surface area contributed by atoms with Crippen molar-refractivity contribution < 1.29 is 14.3 Å². The molecule has 2 saturated heterocycles. The number of nitrogens with zero attached hydrogens (tertiary/aromatic N) is 1. The Labute approximate surface area is 148 Å². The molecule has 2 heterocycles. The Kier molecular flexibility index (Phi) is 4.28. The Morgan fingerprint density at radius 1 is 1.24 bits per heavy atom. The van der Waals surface area contributed by atoms with Crippen LogP contribution in [0.5, 0.6) is 0 Å². The lowest BCUT2D eigenvalue weighted by Gasteiger charge is -2.41. The summed E-state index contributed by atoms with van der Waals surface area (Å²) in [6, 6.07) is 8.37. The van der Waals surface area contributed by atoms with Crippen molar-refractivity contribution >= 4 is 11.8 Å². The smallest absolute Gasteiger partial charge is 0.228 e. The minimum absolute atomic E-state index is 0.0384. The molecule has 2 aliphatic heterocycles. The number of benzene rings is 1. The van der Waals surface area contributed by atoms with Crippen LogP contribution in [-0.4, -0.2) is 50.1 Å². The molecule has 3 aliphatic rings. The summed E-state index contributed by atoms with van der Waals surface area (Å²) in [7, 11) is 1.71. The average Bonchev–Trinajstić information content (AvgIpc) is 3.29. The van der Waals surface area contributed by atoms with Crippen LogP contribution in [0.3, 0.4) is 0 Å². The fourth-order valence-corrected chi connectivity index (χ4v) is 4.92. The number of carbonyl (C=O) groups excluding carboxylic acids is 2. The summed E-state index contributed by atoms with van der Waals surface area (Å²) in [6.07, 6.45) is 3.59. The second-order valence-electron chi connectivity index (χ2n) is 7.62. The van der Waals surface area contributed by atoms with Crippen molar-refractivity contribution in [2.24, 2.45) is 5.92 Å². The van der Waals surface area contributed by atoms with Crippen molar-refractivity contribution in [3.63, 3.8) is 0 Å². The zero-order valence-electron chi connectivity index (χ0n) is 14.8. The average molecular weight is 342 g/mol. The molecule has 1 aliphatic carbocycles. The van der Waals surface area contributed by atoms with Crippen LogP contribution in [0.1, 0.15) is 42.7 Å². The lowest BCUT2D eigenvalue weighted by molar-refractivity contribution is -0.137. The van der Waals surface area contributed by atoms with Crippen molar-refractivity contribution in [3.8, 4) is 0 Å². The number of amides is 2. The maximum atomic E-state index is 12.6. The number of carbonyl (C=O) groups is 2. The summed E-state index contributed by atoms with van der Waals surface area (Å²) < 4.78 is 5.37. The van der Waals surface area contributed by atoms with Gasteiger partial charge >= 0.3 is 0 Å². The molecule has 0 bridgehead atoms. The van der Waals surface area contributed by atoms with Gasteiger partial charge in [-0.25, -0.2) is 0 Å². The van der Waals surface area contributed by atoms with Crippen LogP contribution in [0.15, 0.2) is 24.3 Å². The second-order valence-corrected chi connectivity index (χ2v) is 7.62. The summed E-state index contributed by atoms with van der Waals surface area (Å²) in [4.78, 5) is 27.0. The molecule has 0 aromatic heterocycles. The van der Waals surface area contributed by atoms with E-state index in [9.17, 15) is 9.59 Å². The van der Waals surface area contributed by atoms with Gasteiger partial charge in [-0.1, -0.05) is 24.3 Å². The van der Waals surface area contributed by atoms with Gasteiger partial charge < -0.3 is 15.0 Å². The van der Waals surface area contributed by atoms with E-state index in [1.807, 2.05) is 11.0 Å². The molecule has 0 radical (unpaired) electrons. The van der Waals surface area contributed by atoms with Crippen LogP contribution in [-0.2, 0) is 19.7 Å². The molecule has 0 unspecified atom stereocenters. The van der Waals surface area contributed by atoms with Crippen LogP contribution in [0.25, 0.3) is 0 Å². The highest BCUT2D eigenvalue weighted by Gasteiger charge is 2.48. The predicted octanol–water partition coefficient (Wildman–Crippen LogP) is 1.82. The highest BCUT2D eigenvalue weighted by atomic mass is 16.5. The third-order valence-corrected chi connectivity index (χ3v) is 6.38. The minimum Gasteiger partial charge on any atom is -0.381 e. The SMILES string of the molecule is CNC(=O)[C@H]1CC2(CCN(C(=O)[C@H]3CCOC3)CC2)c2ccccc21. The highest BCUT2D eigenvalue weighted by Crippen LogP contribution is 2.51. The van der Waals surface area contributed by atoms with Crippen LogP contribution in [0, 0.1) is 5.92 Å². The lowest BCUT2D eigenvalue weighted by Crippen LogP contribution is -2.46. The first-order valence-corrected chi connectivity index (χ1v) is 9.32. The number of piperidine rings is 1. The van der Waals surface area contributed by atoms with Gasteiger partial charge in [0.25, 0.3) is 0 Å². The van der Waals surface area contributed by atoms with E-state index in [2.05, 4.69) is 23.5 Å². The van der Waals surface area contributed by atoms with Gasteiger partial charge in [0.15, 0.2) is 0 Å². The van der Waals surface area contributed by atoms with Crippen molar-refractivity contribution in [2.45, 2.75) is 37.0 Å². The summed E-state index contributed by atoms with van der Waals surface area (Å²) in [5.41, 5.74) is 2.53. The summed E-state index contributed by atoms with van der Waals surface area (Å²) in [5.74, 6) is 0.336. The van der Waals surface area contributed by atoms with E-state index in [1.165, 1.54) is 11.1 Å². The number of ether oxygens (including phenoxy) is 1. The van der Waals surface area contributed by atoms with Gasteiger partial charge in [-0.05, 0) is 36.8 Å². The third kappa shape index (κ3) is 2.74. The maximum absolute atomic E-state index is 12.6. The van der Waals surface area contributed by atoms with E-state index < -0.39 is 0 Å². The van der Waals surface area contributed by atoms with Crippen LogP contribution >= 0.6 is 0 Å².